The maximum absolute atomic E-state index is 13.4. The molecule has 0 unspecified atom stereocenters. The van der Waals surface area contributed by atoms with Gasteiger partial charge in [0.25, 0.3) is 10.0 Å². The van der Waals surface area contributed by atoms with E-state index in [0.29, 0.717) is 11.4 Å². The normalized spacial score (nSPS) is 11.3. The van der Waals surface area contributed by atoms with Crippen LogP contribution in [-0.4, -0.2) is 26.0 Å². The van der Waals surface area contributed by atoms with Gasteiger partial charge in [0.15, 0.2) is 10.7 Å². The lowest BCUT2D eigenvalue weighted by molar-refractivity contribution is -0.114. The van der Waals surface area contributed by atoms with E-state index in [9.17, 15) is 13.2 Å². The van der Waals surface area contributed by atoms with Gasteiger partial charge in [-0.15, -0.1) is 0 Å². The fourth-order valence-corrected chi connectivity index (χ4v) is 4.73. The Morgan fingerprint density at radius 1 is 1.03 bits per heavy atom. The molecule has 7 nitrogen and oxygen atoms in total. The van der Waals surface area contributed by atoms with Crippen LogP contribution >= 0.6 is 0 Å². The molecule has 3 aromatic rings. The molecule has 0 aliphatic carbocycles. The van der Waals surface area contributed by atoms with Crippen molar-refractivity contribution in [3.63, 3.8) is 0 Å². The number of aryl methyl sites for hydroxylation is 4. The van der Waals surface area contributed by atoms with E-state index in [1.165, 1.54) is 6.92 Å². The van der Waals surface area contributed by atoms with E-state index in [-0.39, 0.29) is 22.9 Å². The summed E-state index contributed by atoms with van der Waals surface area (Å²) in [5, 5.41) is 6.53. The zero-order valence-corrected chi connectivity index (χ0v) is 17.6. The second-order valence-electron chi connectivity index (χ2n) is 6.86. The molecule has 0 spiro atoms. The maximum atomic E-state index is 13.4. The quantitative estimate of drug-likeness (QED) is 0.664. The van der Waals surface area contributed by atoms with Crippen LogP contribution in [0.1, 0.15) is 22.6 Å². The summed E-state index contributed by atoms with van der Waals surface area (Å²) in [7, 11) is -4.07. The molecule has 29 heavy (non-hydrogen) atoms. The monoisotopic (exact) mass is 413 g/mol. The Kier molecular flexibility index (Phi) is 5.74. The van der Waals surface area contributed by atoms with Crippen molar-refractivity contribution in [1.29, 1.82) is 0 Å². The van der Waals surface area contributed by atoms with Crippen LogP contribution in [0, 0.1) is 27.7 Å². The van der Waals surface area contributed by atoms with Gasteiger partial charge in [0.1, 0.15) is 12.2 Å². The van der Waals surface area contributed by atoms with Gasteiger partial charge in [0.2, 0.25) is 5.91 Å². The number of rotatable bonds is 6. The second-order valence-corrected chi connectivity index (χ2v) is 8.66. The molecule has 1 aromatic heterocycles. The Bertz CT molecular complexity index is 1120. The number of anilines is 2. The Labute approximate surface area is 170 Å². The SMILES string of the molecule is Cc1ccc(N(CC(=O)Nc2ccccc2C)S(=O)(=O)c2c(C)noc2C)cc1. The molecule has 1 amide bonds. The molecule has 152 valence electrons. The van der Waals surface area contributed by atoms with E-state index < -0.39 is 15.9 Å². The Morgan fingerprint density at radius 2 is 1.69 bits per heavy atom. The number of benzene rings is 2. The third-order valence-electron chi connectivity index (χ3n) is 4.54. The van der Waals surface area contributed by atoms with Crippen LogP contribution in [-0.2, 0) is 14.8 Å². The number of hydrogen-bond acceptors (Lipinski definition) is 5. The van der Waals surface area contributed by atoms with Crippen LogP contribution in [0.4, 0.5) is 11.4 Å². The third-order valence-corrected chi connectivity index (χ3v) is 6.56. The molecule has 0 bridgehead atoms. The fourth-order valence-electron chi connectivity index (χ4n) is 3.01. The molecule has 2 aromatic carbocycles. The first-order valence-corrected chi connectivity index (χ1v) is 10.5. The third kappa shape index (κ3) is 4.32. The van der Waals surface area contributed by atoms with Crippen LogP contribution in [0.25, 0.3) is 0 Å². The molecule has 8 heteroatoms. The van der Waals surface area contributed by atoms with Crippen molar-refractivity contribution < 1.29 is 17.7 Å². The fraction of sp³-hybridized carbons (Fsp3) is 0.238. The first-order valence-electron chi connectivity index (χ1n) is 9.08. The van der Waals surface area contributed by atoms with E-state index in [2.05, 4.69) is 10.5 Å². The largest absolute Gasteiger partial charge is 0.360 e. The number of hydrogen-bond donors (Lipinski definition) is 1. The standard InChI is InChI=1S/C21H23N3O4S/c1-14-9-11-18(12-10-14)24(29(26,27)21-16(3)23-28-17(21)4)13-20(25)22-19-8-6-5-7-15(19)2/h5-12H,13H2,1-4H3,(H,22,25). The van der Waals surface area contributed by atoms with E-state index in [4.69, 9.17) is 4.52 Å². The van der Waals surface area contributed by atoms with Gasteiger partial charge in [-0.25, -0.2) is 8.42 Å². The molecular weight excluding hydrogens is 390 g/mol. The number of aromatic nitrogens is 1. The molecular formula is C21H23N3O4S. The number of nitrogens with zero attached hydrogens (tertiary/aromatic N) is 2. The number of nitrogens with one attached hydrogen (secondary N) is 1. The topological polar surface area (TPSA) is 92.5 Å². The molecule has 0 fully saturated rings. The number of para-hydroxylation sites is 1. The highest BCUT2D eigenvalue weighted by atomic mass is 32.2. The van der Waals surface area contributed by atoms with Gasteiger partial charge in [0, 0.05) is 5.69 Å². The molecule has 3 rings (SSSR count). The van der Waals surface area contributed by atoms with E-state index in [0.717, 1.165) is 15.4 Å². The number of amides is 1. The first-order chi connectivity index (χ1) is 13.7. The summed E-state index contributed by atoms with van der Waals surface area (Å²) >= 11 is 0. The summed E-state index contributed by atoms with van der Waals surface area (Å²) < 4.78 is 33.0. The highest BCUT2D eigenvalue weighted by molar-refractivity contribution is 7.93. The lowest BCUT2D eigenvalue weighted by atomic mass is 10.2. The van der Waals surface area contributed by atoms with Crippen molar-refractivity contribution in [2.45, 2.75) is 32.6 Å². The van der Waals surface area contributed by atoms with Crippen molar-refractivity contribution >= 4 is 27.3 Å². The minimum atomic E-state index is -4.07. The maximum Gasteiger partial charge on any atom is 0.270 e. The molecule has 0 saturated carbocycles. The van der Waals surface area contributed by atoms with Crippen LogP contribution in [0.5, 0.6) is 0 Å². The van der Waals surface area contributed by atoms with Gasteiger partial charge in [-0.05, 0) is 51.5 Å². The highest BCUT2D eigenvalue weighted by Gasteiger charge is 2.32. The number of carbonyl (C=O) groups excluding carboxylic acids is 1. The highest BCUT2D eigenvalue weighted by Crippen LogP contribution is 2.28. The van der Waals surface area contributed by atoms with Gasteiger partial charge in [-0.3, -0.25) is 9.10 Å². The van der Waals surface area contributed by atoms with Crippen LogP contribution in [0.15, 0.2) is 57.9 Å². The van der Waals surface area contributed by atoms with Crippen molar-refractivity contribution in [3.05, 3.63) is 71.1 Å². The number of carbonyl (C=O) groups is 1. The summed E-state index contributed by atoms with van der Waals surface area (Å²) in [5.74, 6) is -0.269. The Morgan fingerprint density at radius 3 is 2.28 bits per heavy atom. The minimum absolute atomic E-state index is 0.0261. The van der Waals surface area contributed by atoms with Crippen LogP contribution in [0.2, 0.25) is 0 Å². The first kappa shape index (κ1) is 20.6. The molecule has 0 saturated heterocycles. The summed E-state index contributed by atoms with van der Waals surface area (Å²) in [6.45, 7) is 6.48. The van der Waals surface area contributed by atoms with Crippen molar-refractivity contribution in [1.82, 2.24) is 5.16 Å². The molecule has 0 radical (unpaired) electrons. The molecule has 1 N–H and O–H groups in total. The van der Waals surface area contributed by atoms with Crippen molar-refractivity contribution in [3.8, 4) is 0 Å². The van der Waals surface area contributed by atoms with Gasteiger partial charge in [-0.2, -0.15) is 0 Å². The lowest BCUT2D eigenvalue weighted by Crippen LogP contribution is -2.38. The van der Waals surface area contributed by atoms with Gasteiger partial charge in [-0.1, -0.05) is 41.1 Å². The average molecular weight is 413 g/mol. The summed E-state index contributed by atoms with van der Waals surface area (Å²) in [5.41, 5.74) is 3.13. The van der Waals surface area contributed by atoms with Crippen molar-refractivity contribution in [2.24, 2.45) is 0 Å². The van der Waals surface area contributed by atoms with Crippen LogP contribution in [0.3, 0.4) is 0 Å². The number of sulfonamides is 1. The van der Waals surface area contributed by atoms with Crippen molar-refractivity contribution in [2.75, 3.05) is 16.2 Å². The summed E-state index contributed by atoms with van der Waals surface area (Å²) in [6.07, 6.45) is 0. The average Bonchev–Trinajstić information content (AvgIpc) is 3.01. The zero-order chi connectivity index (χ0) is 21.2. The van der Waals surface area contributed by atoms with Crippen LogP contribution < -0.4 is 9.62 Å². The lowest BCUT2D eigenvalue weighted by Gasteiger charge is -2.24. The predicted molar refractivity (Wildman–Crippen MR) is 111 cm³/mol. The van der Waals surface area contributed by atoms with Gasteiger partial charge < -0.3 is 9.84 Å². The molecule has 0 aliphatic heterocycles. The van der Waals surface area contributed by atoms with Gasteiger partial charge in [0.05, 0.1) is 5.69 Å². The summed E-state index contributed by atoms with van der Waals surface area (Å²) in [6, 6.07) is 14.2. The minimum Gasteiger partial charge on any atom is -0.360 e. The second kappa shape index (κ2) is 8.08. The Hall–Kier alpha value is -3.13. The molecule has 0 atom stereocenters. The predicted octanol–water partition coefficient (Wildman–Crippen LogP) is 3.74. The zero-order valence-electron chi connectivity index (χ0n) is 16.8. The van der Waals surface area contributed by atoms with E-state index in [1.807, 2.05) is 26.0 Å². The summed E-state index contributed by atoms with van der Waals surface area (Å²) in [4.78, 5) is 12.7. The molecule has 1 heterocycles. The molecule has 0 aliphatic rings. The smallest absolute Gasteiger partial charge is 0.270 e. The van der Waals surface area contributed by atoms with E-state index in [1.54, 1.807) is 43.3 Å². The Balaban J connectivity index is 1.99. The van der Waals surface area contributed by atoms with E-state index >= 15 is 0 Å². The van der Waals surface area contributed by atoms with Gasteiger partial charge >= 0.3 is 0 Å².